The molecule has 0 bridgehead atoms. The van der Waals surface area contributed by atoms with E-state index in [9.17, 15) is 14.7 Å². The average molecular weight is 257 g/mol. The third kappa shape index (κ3) is 11.4. The zero-order valence-electron chi connectivity index (χ0n) is 12.0. The van der Waals surface area contributed by atoms with Crippen molar-refractivity contribution in [2.45, 2.75) is 59.8 Å². The standard InChI is InChI=1S/C14H26O4/c1-11(9-14(2,3)4)10-18-13(17)8-6-5-7-12(15)16/h11H,5-10H2,1-4H3,(H,15,16)/p-1. The molecule has 0 spiro atoms. The molecule has 0 aliphatic heterocycles. The molecule has 0 fully saturated rings. The first kappa shape index (κ1) is 16.9. The van der Waals surface area contributed by atoms with Gasteiger partial charge in [-0.3, -0.25) is 4.79 Å². The molecule has 0 aliphatic carbocycles. The smallest absolute Gasteiger partial charge is 0.305 e. The molecule has 0 radical (unpaired) electrons. The van der Waals surface area contributed by atoms with Crippen LogP contribution < -0.4 is 5.11 Å². The van der Waals surface area contributed by atoms with E-state index in [0.717, 1.165) is 6.42 Å². The van der Waals surface area contributed by atoms with Crippen LogP contribution in [0.4, 0.5) is 0 Å². The van der Waals surface area contributed by atoms with Gasteiger partial charge in [0.25, 0.3) is 0 Å². The second-order valence-corrected chi connectivity index (χ2v) is 6.13. The molecule has 0 heterocycles. The quantitative estimate of drug-likeness (QED) is 0.492. The van der Waals surface area contributed by atoms with Crippen LogP contribution in [0.25, 0.3) is 0 Å². The van der Waals surface area contributed by atoms with Crippen LogP contribution in [0.1, 0.15) is 59.8 Å². The Kier molecular flexibility index (Phi) is 7.64. The van der Waals surface area contributed by atoms with Crippen molar-refractivity contribution in [3.05, 3.63) is 0 Å². The van der Waals surface area contributed by atoms with Gasteiger partial charge in [-0.15, -0.1) is 0 Å². The summed E-state index contributed by atoms with van der Waals surface area (Å²) < 4.78 is 5.15. The molecule has 0 N–H and O–H groups in total. The van der Waals surface area contributed by atoms with Gasteiger partial charge in [0.05, 0.1) is 6.61 Å². The molecule has 0 saturated carbocycles. The predicted molar refractivity (Wildman–Crippen MR) is 67.7 cm³/mol. The molecule has 1 atom stereocenters. The van der Waals surface area contributed by atoms with Crippen LogP contribution in [0.5, 0.6) is 0 Å². The third-order valence-electron chi connectivity index (χ3n) is 2.50. The van der Waals surface area contributed by atoms with Gasteiger partial charge < -0.3 is 14.6 Å². The summed E-state index contributed by atoms with van der Waals surface area (Å²) in [6.07, 6.45) is 2.31. The maximum atomic E-state index is 11.4. The monoisotopic (exact) mass is 257 g/mol. The molecule has 0 aromatic rings. The van der Waals surface area contributed by atoms with Crippen LogP contribution in [0.2, 0.25) is 0 Å². The molecule has 0 aromatic carbocycles. The predicted octanol–water partition coefficient (Wildman–Crippen LogP) is 1.91. The van der Waals surface area contributed by atoms with E-state index in [-0.39, 0.29) is 24.2 Å². The molecule has 4 heteroatoms. The second-order valence-electron chi connectivity index (χ2n) is 6.13. The highest BCUT2D eigenvalue weighted by molar-refractivity contribution is 5.69. The van der Waals surface area contributed by atoms with Crippen LogP contribution >= 0.6 is 0 Å². The maximum absolute atomic E-state index is 11.4. The topological polar surface area (TPSA) is 66.4 Å². The van der Waals surface area contributed by atoms with Crippen molar-refractivity contribution in [3.8, 4) is 0 Å². The number of carboxylic acids is 1. The normalized spacial score (nSPS) is 13.1. The van der Waals surface area contributed by atoms with E-state index in [4.69, 9.17) is 4.74 Å². The van der Waals surface area contributed by atoms with Crippen LogP contribution in [-0.2, 0) is 14.3 Å². The van der Waals surface area contributed by atoms with Crippen LogP contribution in [0.15, 0.2) is 0 Å². The summed E-state index contributed by atoms with van der Waals surface area (Å²) in [7, 11) is 0. The number of carbonyl (C=O) groups excluding carboxylic acids is 2. The highest BCUT2D eigenvalue weighted by Crippen LogP contribution is 2.24. The minimum Gasteiger partial charge on any atom is -0.550 e. The lowest BCUT2D eigenvalue weighted by molar-refractivity contribution is -0.305. The molecule has 106 valence electrons. The molecule has 0 aromatic heterocycles. The molecular formula is C14H25O4-. The Morgan fingerprint density at radius 2 is 1.72 bits per heavy atom. The number of aliphatic carboxylic acids is 1. The van der Waals surface area contributed by atoms with Gasteiger partial charge >= 0.3 is 5.97 Å². The Labute approximate surface area is 110 Å². The molecule has 0 amide bonds. The Morgan fingerprint density at radius 1 is 1.17 bits per heavy atom. The molecule has 1 unspecified atom stereocenters. The summed E-state index contributed by atoms with van der Waals surface area (Å²) >= 11 is 0. The van der Waals surface area contributed by atoms with Crippen molar-refractivity contribution < 1.29 is 19.4 Å². The zero-order valence-corrected chi connectivity index (χ0v) is 12.0. The van der Waals surface area contributed by atoms with Gasteiger partial charge in [0, 0.05) is 12.4 Å². The van der Waals surface area contributed by atoms with E-state index >= 15 is 0 Å². The van der Waals surface area contributed by atoms with Crippen LogP contribution in [0.3, 0.4) is 0 Å². The fraction of sp³-hybridized carbons (Fsp3) is 0.857. The number of hydrogen-bond donors (Lipinski definition) is 0. The number of esters is 1. The van der Waals surface area contributed by atoms with E-state index in [0.29, 0.717) is 25.4 Å². The van der Waals surface area contributed by atoms with Gasteiger partial charge in [0.1, 0.15) is 0 Å². The molecule has 0 saturated heterocycles. The minimum absolute atomic E-state index is 0.00765. The van der Waals surface area contributed by atoms with Crippen molar-refractivity contribution in [2.75, 3.05) is 6.61 Å². The number of carboxylic acid groups (broad SMARTS) is 1. The first-order valence-electron chi connectivity index (χ1n) is 6.56. The summed E-state index contributed by atoms with van der Waals surface area (Å²) in [6, 6.07) is 0. The number of rotatable bonds is 8. The summed E-state index contributed by atoms with van der Waals surface area (Å²) in [5, 5.41) is 10.2. The van der Waals surface area contributed by atoms with E-state index in [2.05, 4.69) is 27.7 Å². The number of hydrogen-bond acceptors (Lipinski definition) is 4. The van der Waals surface area contributed by atoms with Gasteiger partial charge in [-0.05, 0) is 37.0 Å². The minimum atomic E-state index is -1.07. The molecule has 18 heavy (non-hydrogen) atoms. The van der Waals surface area contributed by atoms with Crippen molar-refractivity contribution in [1.29, 1.82) is 0 Å². The Bertz CT molecular complexity index is 265. The van der Waals surface area contributed by atoms with Crippen LogP contribution in [0, 0.1) is 11.3 Å². The first-order chi connectivity index (χ1) is 8.20. The Morgan fingerprint density at radius 3 is 2.22 bits per heavy atom. The number of ether oxygens (including phenoxy) is 1. The second kappa shape index (κ2) is 8.11. The maximum Gasteiger partial charge on any atom is 0.305 e. The summed E-state index contributed by atoms with van der Waals surface area (Å²) in [5.41, 5.74) is 0.236. The summed E-state index contributed by atoms with van der Waals surface area (Å²) in [6.45, 7) is 8.98. The van der Waals surface area contributed by atoms with Crippen molar-refractivity contribution >= 4 is 11.9 Å². The van der Waals surface area contributed by atoms with Crippen molar-refractivity contribution in [3.63, 3.8) is 0 Å². The van der Waals surface area contributed by atoms with E-state index < -0.39 is 5.97 Å². The molecule has 4 nitrogen and oxygen atoms in total. The lowest BCUT2D eigenvalue weighted by Gasteiger charge is -2.22. The molecule has 0 rings (SSSR count). The van der Waals surface area contributed by atoms with Gasteiger partial charge in [0.15, 0.2) is 0 Å². The van der Waals surface area contributed by atoms with Gasteiger partial charge in [-0.1, -0.05) is 27.7 Å². The van der Waals surface area contributed by atoms with Gasteiger partial charge in [-0.2, -0.15) is 0 Å². The summed E-state index contributed by atoms with van der Waals surface area (Å²) in [4.78, 5) is 21.5. The molecular weight excluding hydrogens is 232 g/mol. The summed E-state index contributed by atoms with van der Waals surface area (Å²) in [5.74, 6) is -0.964. The Balaban J connectivity index is 3.61. The average Bonchev–Trinajstić information content (AvgIpc) is 2.19. The fourth-order valence-corrected chi connectivity index (χ4v) is 1.95. The zero-order chi connectivity index (χ0) is 14.2. The molecule has 0 aliphatic rings. The lowest BCUT2D eigenvalue weighted by atomic mass is 9.86. The van der Waals surface area contributed by atoms with E-state index in [1.165, 1.54) is 0 Å². The van der Waals surface area contributed by atoms with Gasteiger partial charge in [0.2, 0.25) is 0 Å². The lowest BCUT2D eigenvalue weighted by Crippen LogP contribution is -2.21. The van der Waals surface area contributed by atoms with E-state index in [1.54, 1.807) is 0 Å². The van der Waals surface area contributed by atoms with Crippen molar-refractivity contribution in [1.82, 2.24) is 0 Å². The first-order valence-corrected chi connectivity index (χ1v) is 6.56. The van der Waals surface area contributed by atoms with E-state index in [1.807, 2.05) is 0 Å². The largest absolute Gasteiger partial charge is 0.550 e. The van der Waals surface area contributed by atoms with Crippen LogP contribution in [-0.4, -0.2) is 18.5 Å². The fourth-order valence-electron chi connectivity index (χ4n) is 1.95. The third-order valence-corrected chi connectivity index (χ3v) is 2.50. The number of unbranched alkanes of at least 4 members (excludes halogenated alkanes) is 1. The highest BCUT2D eigenvalue weighted by atomic mass is 16.5. The SMILES string of the molecule is CC(COC(=O)CCCCC(=O)[O-])CC(C)(C)C. The Hall–Kier alpha value is -1.06. The highest BCUT2D eigenvalue weighted by Gasteiger charge is 2.16. The van der Waals surface area contributed by atoms with Gasteiger partial charge in [-0.25, -0.2) is 0 Å². The number of carbonyl (C=O) groups is 2. The van der Waals surface area contributed by atoms with Crippen molar-refractivity contribution in [2.24, 2.45) is 11.3 Å².